The molecule has 1 aliphatic rings. The molecule has 0 aliphatic carbocycles. The van der Waals surface area contributed by atoms with Crippen LogP contribution in [0.4, 0.5) is 0 Å². The summed E-state index contributed by atoms with van der Waals surface area (Å²) in [6, 6.07) is 5.08. The Balaban J connectivity index is 2.19. The number of carbonyl (C=O) groups is 2. The fourth-order valence-electron chi connectivity index (χ4n) is 2.19. The van der Waals surface area contributed by atoms with Crippen molar-refractivity contribution in [3.63, 3.8) is 0 Å². The molecule has 1 aliphatic heterocycles. The minimum atomic E-state index is -0.376. The average molecular weight is 262 g/mol. The Bertz CT molecular complexity index is 493. The van der Waals surface area contributed by atoms with Crippen molar-refractivity contribution >= 4 is 11.9 Å². The Morgan fingerprint density at radius 2 is 1.95 bits per heavy atom. The van der Waals surface area contributed by atoms with E-state index < -0.39 is 0 Å². The van der Waals surface area contributed by atoms with Gasteiger partial charge in [-0.3, -0.25) is 4.79 Å². The topological polar surface area (TPSA) is 58.6 Å². The molecule has 1 fully saturated rings. The van der Waals surface area contributed by atoms with E-state index in [1.165, 1.54) is 7.11 Å². The largest absolute Gasteiger partial charge is 0.465 e. The molecule has 0 spiro atoms. The lowest BCUT2D eigenvalue weighted by Gasteiger charge is -2.27. The minimum Gasteiger partial charge on any atom is -0.465 e. The highest BCUT2D eigenvalue weighted by molar-refractivity contribution is 5.97. The van der Waals surface area contributed by atoms with Gasteiger partial charge < -0.3 is 15.0 Å². The van der Waals surface area contributed by atoms with Crippen molar-refractivity contribution in [2.75, 3.05) is 33.3 Å². The molecule has 5 heteroatoms. The Hall–Kier alpha value is -1.88. The molecule has 1 aromatic rings. The van der Waals surface area contributed by atoms with Gasteiger partial charge in [-0.05, 0) is 30.7 Å². The molecule has 2 rings (SSSR count). The molecule has 19 heavy (non-hydrogen) atoms. The van der Waals surface area contributed by atoms with Crippen LogP contribution in [0.15, 0.2) is 18.2 Å². The Morgan fingerprint density at radius 1 is 1.26 bits per heavy atom. The number of rotatable bonds is 2. The van der Waals surface area contributed by atoms with Crippen LogP contribution < -0.4 is 5.32 Å². The van der Waals surface area contributed by atoms with Gasteiger partial charge in [-0.2, -0.15) is 0 Å². The number of methoxy groups -OCH3 is 1. The molecule has 1 N–H and O–H groups in total. The quantitative estimate of drug-likeness (QED) is 0.802. The van der Waals surface area contributed by atoms with Crippen LogP contribution >= 0.6 is 0 Å². The number of hydrogen-bond acceptors (Lipinski definition) is 4. The number of nitrogens with zero attached hydrogens (tertiary/aromatic N) is 1. The molecule has 1 aromatic carbocycles. The normalized spacial score (nSPS) is 15.2. The molecule has 1 saturated heterocycles. The Kier molecular flexibility index (Phi) is 4.16. The van der Waals surface area contributed by atoms with Crippen molar-refractivity contribution in [3.05, 3.63) is 34.9 Å². The number of esters is 1. The molecule has 0 radical (unpaired) electrons. The summed E-state index contributed by atoms with van der Waals surface area (Å²) in [5.41, 5.74) is 1.87. The summed E-state index contributed by atoms with van der Waals surface area (Å²) in [7, 11) is 1.35. The summed E-state index contributed by atoms with van der Waals surface area (Å²) in [6.45, 7) is 4.89. The molecule has 0 saturated carbocycles. The van der Waals surface area contributed by atoms with Gasteiger partial charge in [0.1, 0.15) is 0 Å². The molecule has 0 aromatic heterocycles. The Labute approximate surface area is 112 Å². The molecule has 0 unspecified atom stereocenters. The lowest BCUT2D eigenvalue weighted by Crippen LogP contribution is -2.46. The summed E-state index contributed by atoms with van der Waals surface area (Å²) in [6.07, 6.45) is 0. The number of hydrogen-bond donors (Lipinski definition) is 1. The number of benzene rings is 1. The van der Waals surface area contributed by atoms with E-state index >= 15 is 0 Å². The third kappa shape index (κ3) is 2.93. The number of carbonyl (C=O) groups excluding carboxylic acids is 2. The molecular weight excluding hydrogens is 244 g/mol. The monoisotopic (exact) mass is 262 g/mol. The van der Waals surface area contributed by atoms with Gasteiger partial charge >= 0.3 is 5.97 Å². The molecule has 0 bridgehead atoms. The highest BCUT2D eigenvalue weighted by atomic mass is 16.5. The number of nitrogens with one attached hydrogen (secondary N) is 1. The standard InChI is InChI=1S/C14H18N2O3/c1-10-9-11(3-4-12(10)14(18)19-2)13(17)16-7-5-15-6-8-16/h3-4,9,15H,5-8H2,1-2H3. The van der Waals surface area contributed by atoms with Crippen LogP contribution in [0.25, 0.3) is 0 Å². The molecule has 102 valence electrons. The second-order valence-electron chi connectivity index (χ2n) is 4.56. The molecule has 0 atom stereocenters. The lowest BCUT2D eigenvalue weighted by molar-refractivity contribution is 0.0598. The van der Waals surface area contributed by atoms with E-state index in [1.807, 2.05) is 4.90 Å². The van der Waals surface area contributed by atoms with Gasteiger partial charge in [0.15, 0.2) is 0 Å². The zero-order valence-corrected chi connectivity index (χ0v) is 11.2. The highest BCUT2D eigenvalue weighted by Gasteiger charge is 2.19. The summed E-state index contributed by atoms with van der Waals surface area (Å²) in [5, 5.41) is 3.21. The summed E-state index contributed by atoms with van der Waals surface area (Å²) >= 11 is 0. The summed E-state index contributed by atoms with van der Waals surface area (Å²) in [4.78, 5) is 25.6. The van der Waals surface area contributed by atoms with Crippen LogP contribution in [0.3, 0.4) is 0 Å². The van der Waals surface area contributed by atoms with Crippen LogP contribution in [0.2, 0.25) is 0 Å². The molecule has 1 heterocycles. The predicted molar refractivity (Wildman–Crippen MR) is 71.3 cm³/mol. The highest BCUT2D eigenvalue weighted by Crippen LogP contribution is 2.14. The zero-order chi connectivity index (χ0) is 13.8. The van der Waals surface area contributed by atoms with Crippen molar-refractivity contribution in [2.24, 2.45) is 0 Å². The van der Waals surface area contributed by atoms with E-state index in [0.29, 0.717) is 11.1 Å². The van der Waals surface area contributed by atoms with Gasteiger partial charge in [-0.15, -0.1) is 0 Å². The fourth-order valence-corrected chi connectivity index (χ4v) is 2.19. The van der Waals surface area contributed by atoms with Crippen molar-refractivity contribution in [1.29, 1.82) is 0 Å². The number of ether oxygens (including phenoxy) is 1. The maximum atomic E-state index is 12.3. The van der Waals surface area contributed by atoms with E-state index in [9.17, 15) is 9.59 Å². The molecule has 1 amide bonds. The van der Waals surface area contributed by atoms with Crippen molar-refractivity contribution in [3.8, 4) is 0 Å². The Morgan fingerprint density at radius 3 is 2.53 bits per heavy atom. The van der Waals surface area contributed by atoms with Gasteiger partial charge in [-0.1, -0.05) is 0 Å². The van der Waals surface area contributed by atoms with Gasteiger partial charge in [-0.25, -0.2) is 4.79 Å². The van der Waals surface area contributed by atoms with Crippen molar-refractivity contribution < 1.29 is 14.3 Å². The molecule has 5 nitrogen and oxygen atoms in total. The smallest absolute Gasteiger partial charge is 0.338 e. The number of piperazine rings is 1. The van der Waals surface area contributed by atoms with Crippen LogP contribution in [0.1, 0.15) is 26.3 Å². The first-order valence-corrected chi connectivity index (χ1v) is 6.32. The number of aryl methyl sites for hydroxylation is 1. The SMILES string of the molecule is COC(=O)c1ccc(C(=O)N2CCNCC2)cc1C. The first-order chi connectivity index (χ1) is 9.13. The van der Waals surface area contributed by atoms with E-state index in [4.69, 9.17) is 4.74 Å². The second-order valence-corrected chi connectivity index (χ2v) is 4.56. The third-order valence-electron chi connectivity index (χ3n) is 3.28. The lowest BCUT2D eigenvalue weighted by atomic mass is 10.0. The maximum Gasteiger partial charge on any atom is 0.338 e. The van der Waals surface area contributed by atoms with Crippen molar-refractivity contribution in [1.82, 2.24) is 10.2 Å². The van der Waals surface area contributed by atoms with Crippen LogP contribution in [0.5, 0.6) is 0 Å². The predicted octanol–water partition coefficient (Wildman–Crippen LogP) is 0.827. The fraction of sp³-hybridized carbons (Fsp3) is 0.429. The number of amides is 1. The first kappa shape index (κ1) is 13.5. The van der Waals surface area contributed by atoms with Crippen LogP contribution in [0, 0.1) is 6.92 Å². The van der Waals surface area contributed by atoms with E-state index in [1.54, 1.807) is 25.1 Å². The minimum absolute atomic E-state index is 0.0148. The summed E-state index contributed by atoms with van der Waals surface area (Å²) < 4.78 is 4.69. The molecular formula is C14H18N2O3. The van der Waals surface area contributed by atoms with E-state index in [2.05, 4.69) is 5.32 Å². The van der Waals surface area contributed by atoms with Gasteiger partial charge in [0.05, 0.1) is 12.7 Å². The second kappa shape index (κ2) is 5.84. The van der Waals surface area contributed by atoms with Gasteiger partial charge in [0, 0.05) is 31.7 Å². The average Bonchev–Trinajstić information content (AvgIpc) is 2.46. The first-order valence-electron chi connectivity index (χ1n) is 6.32. The van der Waals surface area contributed by atoms with Gasteiger partial charge in [0.25, 0.3) is 5.91 Å². The van der Waals surface area contributed by atoms with Crippen LogP contribution in [-0.2, 0) is 4.74 Å². The summed E-state index contributed by atoms with van der Waals surface area (Å²) in [5.74, 6) is -0.361. The zero-order valence-electron chi connectivity index (χ0n) is 11.2. The van der Waals surface area contributed by atoms with Crippen molar-refractivity contribution in [2.45, 2.75) is 6.92 Å². The third-order valence-corrected chi connectivity index (χ3v) is 3.28. The van der Waals surface area contributed by atoms with E-state index in [0.717, 1.165) is 31.7 Å². The van der Waals surface area contributed by atoms with E-state index in [-0.39, 0.29) is 11.9 Å². The maximum absolute atomic E-state index is 12.3. The van der Waals surface area contributed by atoms with Crippen LogP contribution in [-0.4, -0.2) is 50.1 Å². The van der Waals surface area contributed by atoms with Gasteiger partial charge in [0.2, 0.25) is 0 Å².